The summed E-state index contributed by atoms with van der Waals surface area (Å²) in [7, 11) is 0. The SMILES string of the molecule is CC(C)c1ccc2c(c1)OC1(O)c3cccc(N)c3C(=O)C21NC(=O)Cn1cnnn1. The fourth-order valence-electron chi connectivity index (χ4n) is 4.39. The minimum absolute atomic E-state index is 0.131. The van der Waals surface area contributed by atoms with E-state index in [0.29, 0.717) is 11.3 Å². The molecule has 2 unspecified atom stereocenters. The molecule has 1 amide bonds. The predicted molar refractivity (Wildman–Crippen MR) is 108 cm³/mol. The molecule has 4 N–H and O–H groups in total. The van der Waals surface area contributed by atoms with Crippen LogP contribution in [0.5, 0.6) is 5.75 Å². The van der Waals surface area contributed by atoms with Gasteiger partial charge in [-0.1, -0.05) is 38.1 Å². The highest BCUT2D eigenvalue weighted by atomic mass is 16.6. The van der Waals surface area contributed by atoms with E-state index in [0.717, 1.165) is 5.56 Å². The molecule has 0 bridgehead atoms. The summed E-state index contributed by atoms with van der Waals surface area (Å²) in [5, 5.41) is 25.2. The number of anilines is 1. The lowest BCUT2D eigenvalue weighted by Gasteiger charge is -2.34. The highest BCUT2D eigenvalue weighted by Crippen LogP contribution is 2.59. The molecule has 2 heterocycles. The number of aromatic nitrogens is 4. The average Bonchev–Trinajstić information content (AvgIpc) is 3.36. The normalized spacial score (nSPS) is 23.3. The minimum Gasteiger partial charge on any atom is -0.454 e. The topological polar surface area (TPSA) is 145 Å². The van der Waals surface area contributed by atoms with Crippen LogP contribution in [-0.2, 0) is 22.7 Å². The molecule has 0 fully saturated rings. The number of nitrogen functional groups attached to an aromatic ring is 1. The van der Waals surface area contributed by atoms with Crippen molar-refractivity contribution in [2.24, 2.45) is 0 Å². The molecule has 0 radical (unpaired) electrons. The summed E-state index contributed by atoms with van der Waals surface area (Å²) in [6.45, 7) is 3.80. The zero-order valence-corrected chi connectivity index (χ0v) is 16.9. The van der Waals surface area contributed by atoms with E-state index >= 15 is 0 Å². The number of nitrogens with one attached hydrogen (secondary N) is 1. The van der Waals surface area contributed by atoms with Crippen LogP contribution in [0.3, 0.4) is 0 Å². The van der Waals surface area contributed by atoms with Gasteiger partial charge in [-0.25, -0.2) is 4.68 Å². The van der Waals surface area contributed by atoms with Gasteiger partial charge in [-0.15, -0.1) is 5.10 Å². The average molecular weight is 420 g/mol. The van der Waals surface area contributed by atoms with E-state index in [-0.39, 0.29) is 29.3 Å². The van der Waals surface area contributed by atoms with Crippen molar-refractivity contribution >= 4 is 17.4 Å². The molecule has 0 saturated carbocycles. The van der Waals surface area contributed by atoms with Crippen LogP contribution in [0.25, 0.3) is 0 Å². The lowest BCUT2D eigenvalue weighted by molar-refractivity contribution is -0.175. The summed E-state index contributed by atoms with van der Waals surface area (Å²) in [5.74, 6) is -2.73. The number of hydrogen-bond acceptors (Lipinski definition) is 8. The Morgan fingerprint density at radius 3 is 2.81 bits per heavy atom. The van der Waals surface area contributed by atoms with Crippen molar-refractivity contribution in [1.82, 2.24) is 25.5 Å². The first-order chi connectivity index (χ1) is 14.8. The van der Waals surface area contributed by atoms with Gasteiger partial charge in [0.05, 0.1) is 5.56 Å². The Bertz CT molecular complexity index is 1220. The van der Waals surface area contributed by atoms with Gasteiger partial charge in [-0.3, -0.25) is 9.59 Å². The number of amides is 1. The molecule has 2 atom stereocenters. The number of hydrogen-bond donors (Lipinski definition) is 3. The molecule has 3 aromatic rings. The van der Waals surface area contributed by atoms with E-state index in [9.17, 15) is 14.7 Å². The number of Topliss-reactive ketones (excluding diaryl/α,β-unsaturated/α-hetero) is 1. The Hall–Kier alpha value is -3.79. The number of tetrazole rings is 1. The molecule has 0 saturated heterocycles. The van der Waals surface area contributed by atoms with Crippen molar-refractivity contribution in [2.45, 2.75) is 37.6 Å². The quantitative estimate of drug-likeness (QED) is 0.526. The highest BCUT2D eigenvalue weighted by Gasteiger charge is 2.72. The van der Waals surface area contributed by atoms with Crippen molar-refractivity contribution in [3.05, 3.63) is 65.0 Å². The number of nitrogens with two attached hydrogens (primary N) is 1. The van der Waals surface area contributed by atoms with E-state index in [4.69, 9.17) is 10.5 Å². The van der Waals surface area contributed by atoms with Gasteiger partial charge < -0.3 is 20.9 Å². The van der Waals surface area contributed by atoms with Crippen LogP contribution in [0.4, 0.5) is 5.69 Å². The largest absolute Gasteiger partial charge is 0.454 e. The first kappa shape index (κ1) is 19.2. The van der Waals surface area contributed by atoms with Crippen molar-refractivity contribution in [3.8, 4) is 5.75 Å². The molecule has 1 aromatic heterocycles. The van der Waals surface area contributed by atoms with Crippen LogP contribution < -0.4 is 15.8 Å². The van der Waals surface area contributed by atoms with Crippen LogP contribution in [0.2, 0.25) is 0 Å². The molecule has 0 spiro atoms. The van der Waals surface area contributed by atoms with Crippen LogP contribution in [-0.4, -0.2) is 37.0 Å². The number of aliphatic hydroxyl groups is 1. The maximum atomic E-state index is 13.8. The molecule has 5 rings (SSSR count). The lowest BCUT2D eigenvalue weighted by atomic mass is 9.82. The van der Waals surface area contributed by atoms with Gasteiger partial charge in [0.15, 0.2) is 0 Å². The van der Waals surface area contributed by atoms with E-state index in [1.807, 2.05) is 19.9 Å². The zero-order chi connectivity index (χ0) is 22.0. The third-order valence-electron chi connectivity index (χ3n) is 5.90. The monoisotopic (exact) mass is 420 g/mol. The van der Waals surface area contributed by atoms with Gasteiger partial charge in [0.25, 0.3) is 5.79 Å². The van der Waals surface area contributed by atoms with Gasteiger partial charge in [0, 0.05) is 16.8 Å². The summed E-state index contributed by atoms with van der Waals surface area (Å²) in [5.41, 5.74) is 6.06. The summed E-state index contributed by atoms with van der Waals surface area (Å²) in [6.07, 6.45) is 1.28. The van der Waals surface area contributed by atoms with Gasteiger partial charge in [0.2, 0.25) is 17.2 Å². The molecule has 1 aliphatic heterocycles. The maximum Gasteiger partial charge on any atom is 0.271 e. The third-order valence-corrected chi connectivity index (χ3v) is 5.90. The first-order valence-corrected chi connectivity index (χ1v) is 9.79. The molecule has 158 valence electrons. The van der Waals surface area contributed by atoms with E-state index in [1.165, 1.54) is 11.0 Å². The Morgan fingerprint density at radius 2 is 2.10 bits per heavy atom. The second kappa shape index (κ2) is 6.35. The number of carbonyl (C=O) groups excluding carboxylic acids is 2. The van der Waals surface area contributed by atoms with E-state index < -0.39 is 23.0 Å². The Labute approximate surface area is 177 Å². The zero-order valence-electron chi connectivity index (χ0n) is 16.9. The van der Waals surface area contributed by atoms with Gasteiger partial charge in [-0.05, 0) is 34.0 Å². The molecule has 2 aromatic carbocycles. The van der Waals surface area contributed by atoms with Crippen LogP contribution in [0.1, 0.15) is 46.8 Å². The first-order valence-electron chi connectivity index (χ1n) is 9.79. The van der Waals surface area contributed by atoms with Gasteiger partial charge >= 0.3 is 0 Å². The summed E-state index contributed by atoms with van der Waals surface area (Å²) in [4.78, 5) is 26.7. The van der Waals surface area contributed by atoms with Gasteiger partial charge in [-0.2, -0.15) is 0 Å². The number of ether oxygens (including phenoxy) is 1. The summed E-state index contributed by atoms with van der Waals surface area (Å²) < 4.78 is 7.23. The fourth-order valence-corrected chi connectivity index (χ4v) is 4.39. The van der Waals surface area contributed by atoms with Crippen molar-refractivity contribution in [3.63, 3.8) is 0 Å². The Balaban J connectivity index is 1.68. The van der Waals surface area contributed by atoms with E-state index in [1.54, 1.807) is 30.3 Å². The van der Waals surface area contributed by atoms with Crippen molar-refractivity contribution in [1.29, 1.82) is 0 Å². The number of fused-ring (bicyclic) bond motifs is 5. The molecule has 31 heavy (non-hydrogen) atoms. The van der Waals surface area contributed by atoms with Crippen LogP contribution in [0, 0.1) is 0 Å². The van der Waals surface area contributed by atoms with Crippen LogP contribution >= 0.6 is 0 Å². The third kappa shape index (κ3) is 2.45. The van der Waals surface area contributed by atoms with Crippen LogP contribution in [0.15, 0.2) is 42.7 Å². The molecular weight excluding hydrogens is 400 g/mol. The van der Waals surface area contributed by atoms with Crippen molar-refractivity contribution < 1.29 is 19.4 Å². The minimum atomic E-state index is -2.15. The number of rotatable bonds is 4. The Kier molecular flexibility index (Phi) is 3.93. The number of nitrogens with zero attached hydrogens (tertiary/aromatic N) is 4. The highest BCUT2D eigenvalue weighted by molar-refractivity contribution is 6.15. The maximum absolute atomic E-state index is 13.8. The second-order valence-electron chi connectivity index (χ2n) is 8.06. The molecule has 2 aliphatic rings. The molecular formula is C21H20N6O4. The molecule has 10 heteroatoms. The lowest BCUT2D eigenvalue weighted by Crippen LogP contribution is -2.60. The number of carbonyl (C=O) groups is 2. The second-order valence-corrected chi connectivity index (χ2v) is 8.06. The van der Waals surface area contributed by atoms with Gasteiger partial charge in [0.1, 0.15) is 18.6 Å². The molecule has 10 nitrogen and oxygen atoms in total. The number of ketones is 1. The molecule has 1 aliphatic carbocycles. The summed E-state index contributed by atoms with van der Waals surface area (Å²) in [6, 6.07) is 10.1. The van der Waals surface area contributed by atoms with Crippen molar-refractivity contribution in [2.75, 3.05) is 5.73 Å². The fraction of sp³-hybridized carbons (Fsp3) is 0.286. The van der Waals surface area contributed by atoms with E-state index in [2.05, 4.69) is 20.8 Å². The standard InChI is InChI=1S/C21H20N6O4/c1-11(2)12-6-7-13-16(8-12)31-21(30)14-4-3-5-15(22)18(14)19(29)20(13,21)24-17(28)9-27-10-23-25-26-27/h3-8,10-11,30H,9,22H2,1-2H3,(H,24,28). The Morgan fingerprint density at radius 1 is 1.29 bits per heavy atom. The smallest absolute Gasteiger partial charge is 0.271 e. The number of benzene rings is 2. The predicted octanol–water partition coefficient (Wildman–Crippen LogP) is 0.824. The summed E-state index contributed by atoms with van der Waals surface area (Å²) >= 11 is 0.